The number of amides is 1. The van der Waals surface area contributed by atoms with E-state index in [9.17, 15) is 13.2 Å². The first-order chi connectivity index (χ1) is 11.4. The summed E-state index contributed by atoms with van der Waals surface area (Å²) in [5.74, 6) is 0.654. The minimum Gasteiger partial charge on any atom is -0.349 e. The minimum atomic E-state index is -2.87. The zero-order valence-electron chi connectivity index (χ0n) is 14.2. The number of fused-ring (bicyclic) bond motifs is 1. The lowest BCUT2D eigenvalue weighted by molar-refractivity contribution is -0.124. The lowest BCUT2D eigenvalue weighted by Crippen LogP contribution is -2.35. The molecule has 1 aromatic carbocycles. The first-order valence-corrected chi connectivity index (χ1v) is 10.8. The summed E-state index contributed by atoms with van der Waals surface area (Å²) in [7, 11) is -2.87. The molecule has 1 heterocycles. The van der Waals surface area contributed by atoms with E-state index < -0.39 is 9.84 Å². The van der Waals surface area contributed by atoms with E-state index in [2.05, 4.69) is 30.4 Å². The third kappa shape index (κ3) is 2.87. The molecule has 1 spiro atoms. The second-order valence-electron chi connectivity index (χ2n) is 7.93. The third-order valence-corrected chi connectivity index (χ3v) is 7.91. The average Bonchev–Trinajstić information content (AvgIpc) is 3.26. The molecule has 130 valence electrons. The van der Waals surface area contributed by atoms with Crippen molar-refractivity contribution in [2.75, 3.05) is 11.5 Å². The molecule has 24 heavy (non-hydrogen) atoms. The Bertz CT molecular complexity index is 770. The van der Waals surface area contributed by atoms with Gasteiger partial charge >= 0.3 is 0 Å². The van der Waals surface area contributed by atoms with Gasteiger partial charge in [-0.1, -0.05) is 23.8 Å². The van der Waals surface area contributed by atoms with Gasteiger partial charge in [0.1, 0.15) is 9.84 Å². The Labute approximate surface area is 143 Å². The number of benzene rings is 1. The Morgan fingerprint density at radius 2 is 2.00 bits per heavy atom. The molecule has 0 aromatic heterocycles. The highest BCUT2D eigenvalue weighted by Gasteiger charge is 2.59. The molecule has 1 saturated carbocycles. The molecule has 3 aliphatic rings. The van der Waals surface area contributed by atoms with Gasteiger partial charge in [-0.2, -0.15) is 0 Å². The molecule has 0 radical (unpaired) electrons. The second-order valence-corrected chi connectivity index (χ2v) is 10.2. The van der Waals surface area contributed by atoms with Gasteiger partial charge in [0.15, 0.2) is 0 Å². The molecule has 4 rings (SSSR count). The maximum atomic E-state index is 12.7. The lowest BCUT2D eigenvalue weighted by atomic mass is 9.86. The zero-order chi connectivity index (χ0) is 16.9. The maximum absolute atomic E-state index is 12.7. The topological polar surface area (TPSA) is 63.2 Å². The number of hydrogen-bond acceptors (Lipinski definition) is 3. The van der Waals surface area contributed by atoms with Gasteiger partial charge in [0.25, 0.3) is 0 Å². The summed E-state index contributed by atoms with van der Waals surface area (Å²) >= 11 is 0. The molecule has 2 atom stereocenters. The van der Waals surface area contributed by atoms with Crippen LogP contribution >= 0.6 is 0 Å². The van der Waals surface area contributed by atoms with Crippen molar-refractivity contribution in [2.45, 2.75) is 51.5 Å². The van der Waals surface area contributed by atoms with Crippen LogP contribution in [0.4, 0.5) is 0 Å². The van der Waals surface area contributed by atoms with E-state index in [0.717, 1.165) is 25.7 Å². The Balaban J connectivity index is 1.45. The molecule has 2 fully saturated rings. The van der Waals surface area contributed by atoms with Crippen molar-refractivity contribution in [3.8, 4) is 0 Å². The summed E-state index contributed by atoms with van der Waals surface area (Å²) in [5, 5.41) is 3.27. The number of carbonyl (C=O) groups excluding carboxylic acids is 1. The zero-order valence-corrected chi connectivity index (χ0v) is 15.0. The first-order valence-electron chi connectivity index (χ1n) is 8.99. The highest BCUT2D eigenvalue weighted by Crippen LogP contribution is 2.60. The SMILES string of the molecule is Cc1ccc2c(c1)[C@@H](NC(=O)[C@H]1CC13CCS(=O)(=O)CC3)CCC2. The number of nitrogens with one attached hydrogen (secondary N) is 1. The molecule has 1 amide bonds. The van der Waals surface area contributed by atoms with Crippen LogP contribution in [-0.4, -0.2) is 25.8 Å². The van der Waals surface area contributed by atoms with Crippen LogP contribution in [0.15, 0.2) is 18.2 Å². The fraction of sp³-hybridized carbons (Fsp3) is 0.632. The van der Waals surface area contributed by atoms with Crippen molar-refractivity contribution in [3.05, 3.63) is 34.9 Å². The molecule has 1 aliphatic heterocycles. The van der Waals surface area contributed by atoms with E-state index in [0.29, 0.717) is 12.8 Å². The lowest BCUT2D eigenvalue weighted by Gasteiger charge is -2.28. The smallest absolute Gasteiger partial charge is 0.224 e. The Hall–Kier alpha value is -1.36. The van der Waals surface area contributed by atoms with Crippen molar-refractivity contribution in [1.82, 2.24) is 5.32 Å². The standard InChI is InChI=1S/C19H25NO3S/c1-13-5-6-14-3-2-4-17(15(14)11-13)20-18(21)16-12-19(16)7-9-24(22,23)10-8-19/h5-6,11,16-17H,2-4,7-10,12H2,1H3,(H,20,21)/t16-,17+/m1/s1. The van der Waals surface area contributed by atoms with E-state index in [1.165, 1.54) is 16.7 Å². The van der Waals surface area contributed by atoms with Crippen LogP contribution in [0.25, 0.3) is 0 Å². The van der Waals surface area contributed by atoms with Crippen LogP contribution in [0.2, 0.25) is 0 Å². The van der Waals surface area contributed by atoms with Crippen LogP contribution in [0, 0.1) is 18.3 Å². The molecular weight excluding hydrogens is 322 g/mol. The number of sulfone groups is 1. The van der Waals surface area contributed by atoms with Crippen LogP contribution in [0.5, 0.6) is 0 Å². The maximum Gasteiger partial charge on any atom is 0.224 e. The van der Waals surface area contributed by atoms with Crippen LogP contribution in [0.1, 0.15) is 54.8 Å². The molecule has 5 heteroatoms. The van der Waals surface area contributed by atoms with E-state index in [1.54, 1.807) is 0 Å². The summed E-state index contributed by atoms with van der Waals surface area (Å²) in [6.45, 7) is 2.09. The molecule has 2 aliphatic carbocycles. The molecule has 1 saturated heterocycles. The van der Waals surface area contributed by atoms with E-state index in [-0.39, 0.29) is 34.8 Å². The average molecular weight is 347 g/mol. The third-order valence-electron chi connectivity index (χ3n) is 6.26. The van der Waals surface area contributed by atoms with Gasteiger partial charge in [-0.3, -0.25) is 4.79 Å². The van der Waals surface area contributed by atoms with Crippen molar-refractivity contribution in [3.63, 3.8) is 0 Å². The monoisotopic (exact) mass is 347 g/mol. The molecule has 4 nitrogen and oxygen atoms in total. The Morgan fingerprint density at radius 1 is 1.25 bits per heavy atom. The van der Waals surface area contributed by atoms with Crippen molar-refractivity contribution < 1.29 is 13.2 Å². The van der Waals surface area contributed by atoms with E-state index in [1.807, 2.05) is 0 Å². The summed E-state index contributed by atoms with van der Waals surface area (Å²) < 4.78 is 23.3. The summed E-state index contributed by atoms with van der Waals surface area (Å²) in [4.78, 5) is 12.7. The number of rotatable bonds is 2. The summed E-state index contributed by atoms with van der Waals surface area (Å²) in [6, 6.07) is 6.65. The van der Waals surface area contributed by atoms with Gasteiger partial charge < -0.3 is 5.32 Å². The largest absolute Gasteiger partial charge is 0.349 e. The van der Waals surface area contributed by atoms with E-state index in [4.69, 9.17) is 0 Å². The number of aryl methyl sites for hydroxylation is 2. The van der Waals surface area contributed by atoms with Crippen LogP contribution in [-0.2, 0) is 21.1 Å². The summed E-state index contributed by atoms with van der Waals surface area (Å²) in [6.07, 6.45) is 5.38. The van der Waals surface area contributed by atoms with Crippen LogP contribution in [0.3, 0.4) is 0 Å². The highest BCUT2D eigenvalue weighted by molar-refractivity contribution is 7.91. The fourth-order valence-electron chi connectivity index (χ4n) is 4.56. The minimum absolute atomic E-state index is 0.0168. The van der Waals surface area contributed by atoms with Gasteiger partial charge in [0, 0.05) is 5.92 Å². The molecule has 0 bridgehead atoms. The first kappa shape index (κ1) is 16.1. The second kappa shape index (κ2) is 5.58. The van der Waals surface area contributed by atoms with Crippen molar-refractivity contribution in [2.24, 2.45) is 11.3 Å². The molecular formula is C19H25NO3S. The van der Waals surface area contributed by atoms with Gasteiger partial charge in [0.05, 0.1) is 17.5 Å². The van der Waals surface area contributed by atoms with Crippen LogP contribution < -0.4 is 5.32 Å². The molecule has 0 unspecified atom stereocenters. The normalized spacial score (nSPS) is 29.7. The molecule has 1 N–H and O–H groups in total. The highest BCUT2D eigenvalue weighted by atomic mass is 32.2. The van der Waals surface area contributed by atoms with Crippen molar-refractivity contribution in [1.29, 1.82) is 0 Å². The number of carbonyl (C=O) groups is 1. The predicted octanol–water partition coefficient (Wildman–Crippen LogP) is 2.70. The van der Waals surface area contributed by atoms with Gasteiger partial charge in [0.2, 0.25) is 5.91 Å². The van der Waals surface area contributed by atoms with Crippen molar-refractivity contribution >= 4 is 15.7 Å². The van der Waals surface area contributed by atoms with Gasteiger partial charge in [-0.15, -0.1) is 0 Å². The quantitative estimate of drug-likeness (QED) is 0.895. The Morgan fingerprint density at radius 3 is 2.75 bits per heavy atom. The summed E-state index contributed by atoms with van der Waals surface area (Å²) in [5.41, 5.74) is 3.83. The molecule has 1 aromatic rings. The Kier molecular flexibility index (Phi) is 3.75. The van der Waals surface area contributed by atoms with Gasteiger partial charge in [-0.25, -0.2) is 8.42 Å². The fourth-order valence-corrected chi connectivity index (χ4v) is 6.20. The number of hydrogen-bond donors (Lipinski definition) is 1. The predicted molar refractivity (Wildman–Crippen MR) is 93.4 cm³/mol. The van der Waals surface area contributed by atoms with Gasteiger partial charge in [-0.05, 0) is 62.0 Å². The van der Waals surface area contributed by atoms with E-state index >= 15 is 0 Å².